The minimum absolute atomic E-state index is 0.0292. The van der Waals surface area contributed by atoms with E-state index in [4.69, 9.17) is 0 Å². The lowest BCUT2D eigenvalue weighted by Gasteiger charge is -2.18. The summed E-state index contributed by atoms with van der Waals surface area (Å²) in [6, 6.07) is 3.41. The molecule has 6 nitrogen and oxygen atoms in total. The Bertz CT molecular complexity index is 470. The quantitative estimate of drug-likeness (QED) is 0.845. The molecule has 0 spiro atoms. The first-order chi connectivity index (χ1) is 9.49. The van der Waals surface area contributed by atoms with Crippen molar-refractivity contribution in [3.05, 3.63) is 24.0 Å². The Hall–Kier alpha value is -2.11. The summed E-state index contributed by atoms with van der Waals surface area (Å²) in [6.07, 6.45) is 1.57. The van der Waals surface area contributed by atoms with Crippen LogP contribution in [0.3, 0.4) is 0 Å². The van der Waals surface area contributed by atoms with Gasteiger partial charge in [0.25, 0.3) is 5.91 Å². The third-order valence-corrected chi connectivity index (χ3v) is 2.97. The highest BCUT2D eigenvalue weighted by molar-refractivity contribution is 5.93. The van der Waals surface area contributed by atoms with Crippen LogP contribution < -0.4 is 5.32 Å². The average molecular weight is 278 g/mol. The fourth-order valence-electron chi connectivity index (χ4n) is 1.67. The van der Waals surface area contributed by atoms with Gasteiger partial charge in [0.05, 0.1) is 6.54 Å². The maximum absolute atomic E-state index is 12.2. The van der Waals surface area contributed by atoms with E-state index in [2.05, 4.69) is 10.3 Å². The molecule has 1 aromatic heterocycles. The van der Waals surface area contributed by atoms with Crippen LogP contribution in [-0.4, -0.2) is 60.3 Å². The van der Waals surface area contributed by atoms with Gasteiger partial charge in [-0.15, -0.1) is 0 Å². The Morgan fingerprint density at radius 2 is 1.90 bits per heavy atom. The molecule has 0 saturated heterocycles. The summed E-state index contributed by atoms with van der Waals surface area (Å²) in [4.78, 5) is 31.0. The van der Waals surface area contributed by atoms with Crippen molar-refractivity contribution in [2.24, 2.45) is 0 Å². The first-order valence-electron chi connectivity index (χ1n) is 6.68. The van der Waals surface area contributed by atoms with Crippen LogP contribution >= 0.6 is 0 Å². The molecule has 0 fully saturated rings. The van der Waals surface area contributed by atoms with Crippen molar-refractivity contribution in [1.29, 1.82) is 0 Å². The summed E-state index contributed by atoms with van der Waals surface area (Å²) >= 11 is 0. The molecule has 1 rings (SSSR count). The van der Waals surface area contributed by atoms with Gasteiger partial charge in [-0.05, 0) is 26.0 Å². The second kappa shape index (κ2) is 7.47. The van der Waals surface area contributed by atoms with Gasteiger partial charge in [-0.3, -0.25) is 14.6 Å². The van der Waals surface area contributed by atoms with Crippen LogP contribution in [0.15, 0.2) is 18.3 Å². The number of anilines is 1. The number of carbonyl (C=O) groups excluding carboxylic acids is 2. The van der Waals surface area contributed by atoms with Crippen LogP contribution in [-0.2, 0) is 4.79 Å². The number of pyridine rings is 1. The lowest BCUT2D eigenvalue weighted by Crippen LogP contribution is -2.31. The van der Waals surface area contributed by atoms with Crippen LogP contribution in [0, 0.1) is 0 Å². The van der Waals surface area contributed by atoms with Crippen LogP contribution in [0.5, 0.6) is 0 Å². The molecular weight excluding hydrogens is 256 g/mol. The van der Waals surface area contributed by atoms with E-state index >= 15 is 0 Å². The highest BCUT2D eigenvalue weighted by Crippen LogP contribution is 2.10. The molecule has 0 radical (unpaired) electrons. The number of carbonyl (C=O) groups is 2. The predicted octanol–water partition coefficient (Wildman–Crippen LogP) is 1.06. The van der Waals surface area contributed by atoms with E-state index in [1.807, 2.05) is 13.8 Å². The first kappa shape index (κ1) is 15.9. The maximum Gasteiger partial charge on any atom is 0.272 e. The lowest BCUT2D eigenvalue weighted by atomic mass is 10.2. The van der Waals surface area contributed by atoms with Crippen molar-refractivity contribution in [3.8, 4) is 0 Å². The van der Waals surface area contributed by atoms with E-state index in [-0.39, 0.29) is 18.4 Å². The number of amides is 2. The molecule has 0 aliphatic heterocycles. The molecule has 6 heteroatoms. The highest BCUT2D eigenvalue weighted by atomic mass is 16.2. The van der Waals surface area contributed by atoms with Gasteiger partial charge in [-0.2, -0.15) is 0 Å². The highest BCUT2D eigenvalue weighted by Gasteiger charge is 2.14. The van der Waals surface area contributed by atoms with Gasteiger partial charge in [0.2, 0.25) is 5.91 Å². The van der Waals surface area contributed by atoms with Crippen molar-refractivity contribution in [3.63, 3.8) is 0 Å². The number of likely N-dealkylation sites (N-methyl/N-ethyl adjacent to an activating group) is 1. The molecule has 110 valence electrons. The second-order valence-corrected chi connectivity index (χ2v) is 4.55. The van der Waals surface area contributed by atoms with Gasteiger partial charge in [-0.1, -0.05) is 0 Å². The molecule has 0 aromatic carbocycles. The molecule has 0 saturated carbocycles. The number of nitrogens with zero attached hydrogens (tertiary/aromatic N) is 3. The number of hydrogen-bond acceptors (Lipinski definition) is 4. The van der Waals surface area contributed by atoms with E-state index in [9.17, 15) is 9.59 Å². The molecule has 0 aliphatic rings. The Labute approximate surface area is 119 Å². The van der Waals surface area contributed by atoms with Gasteiger partial charge in [0.15, 0.2) is 0 Å². The number of hydrogen-bond donors (Lipinski definition) is 1. The van der Waals surface area contributed by atoms with Gasteiger partial charge >= 0.3 is 0 Å². The Morgan fingerprint density at radius 3 is 2.45 bits per heavy atom. The second-order valence-electron chi connectivity index (χ2n) is 4.55. The zero-order valence-electron chi connectivity index (χ0n) is 12.5. The zero-order valence-corrected chi connectivity index (χ0v) is 12.5. The third kappa shape index (κ3) is 4.22. The summed E-state index contributed by atoms with van der Waals surface area (Å²) in [5, 5.41) is 2.99. The van der Waals surface area contributed by atoms with Gasteiger partial charge in [0, 0.05) is 39.1 Å². The predicted molar refractivity (Wildman–Crippen MR) is 78.7 cm³/mol. The number of rotatable bonds is 6. The van der Waals surface area contributed by atoms with Crippen LogP contribution in [0.25, 0.3) is 0 Å². The summed E-state index contributed by atoms with van der Waals surface area (Å²) in [7, 11) is 3.40. The fraction of sp³-hybridized carbons (Fsp3) is 0.500. The monoisotopic (exact) mass is 278 g/mol. The topological polar surface area (TPSA) is 65.5 Å². The van der Waals surface area contributed by atoms with Crippen molar-refractivity contribution in [2.45, 2.75) is 13.8 Å². The molecule has 20 heavy (non-hydrogen) atoms. The van der Waals surface area contributed by atoms with Crippen molar-refractivity contribution >= 4 is 17.5 Å². The minimum atomic E-state index is -0.0995. The molecule has 0 atom stereocenters. The smallest absolute Gasteiger partial charge is 0.272 e. The Morgan fingerprint density at radius 1 is 1.25 bits per heavy atom. The number of aromatic nitrogens is 1. The molecular formula is C14H22N4O2. The van der Waals surface area contributed by atoms with Crippen molar-refractivity contribution in [2.75, 3.05) is 39.0 Å². The maximum atomic E-state index is 12.2. The molecule has 2 amide bonds. The van der Waals surface area contributed by atoms with Gasteiger partial charge < -0.3 is 15.1 Å². The normalized spacial score (nSPS) is 10.0. The molecule has 1 aromatic rings. The Kier molecular flexibility index (Phi) is 5.96. The summed E-state index contributed by atoms with van der Waals surface area (Å²) in [5.74, 6) is -0.129. The van der Waals surface area contributed by atoms with Crippen LogP contribution in [0.4, 0.5) is 5.69 Å². The summed E-state index contributed by atoms with van der Waals surface area (Å²) < 4.78 is 0. The number of nitrogens with one attached hydrogen (secondary N) is 1. The van der Waals surface area contributed by atoms with Gasteiger partial charge in [0.1, 0.15) is 5.69 Å². The van der Waals surface area contributed by atoms with E-state index in [0.717, 1.165) is 0 Å². The molecule has 0 unspecified atom stereocenters. The van der Waals surface area contributed by atoms with Crippen LogP contribution in [0.1, 0.15) is 24.3 Å². The molecule has 0 bridgehead atoms. The van der Waals surface area contributed by atoms with Crippen LogP contribution in [0.2, 0.25) is 0 Å². The molecule has 1 N–H and O–H groups in total. The standard InChI is InChI=1S/C14H22N4O2/c1-5-18(6-2)14(20)12-9-11(7-8-15-12)16-10-13(19)17(3)4/h7-9H,5-6,10H2,1-4H3,(H,15,16). The summed E-state index contributed by atoms with van der Waals surface area (Å²) in [5.41, 5.74) is 1.10. The van der Waals surface area contributed by atoms with E-state index in [1.165, 1.54) is 4.90 Å². The SMILES string of the molecule is CCN(CC)C(=O)c1cc(NCC(=O)N(C)C)ccn1. The van der Waals surface area contributed by atoms with Crippen molar-refractivity contribution < 1.29 is 9.59 Å². The largest absolute Gasteiger partial charge is 0.376 e. The fourth-order valence-corrected chi connectivity index (χ4v) is 1.67. The summed E-state index contributed by atoms with van der Waals surface area (Å²) in [6.45, 7) is 5.34. The average Bonchev–Trinajstić information content (AvgIpc) is 2.46. The lowest BCUT2D eigenvalue weighted by molar-refractivity contribution is -0.126. The zero-order chi connectivity index (χ0) is 15.1. The molecule has 1 heterocycles. The molecule has 0 aliphatic carbocycles. The van der Waals surface area contributed by atoms with Gasteiger partial charge in [-0.25, -0.2) is 0 Å². The van der Waals surface area contributed by atoms with E-state index in [0.29, 0.717) is 24.5 Å². The van der Waals surface area contributed by atoms with Crippen molar-refractivity contribution in [1.82, 2.24) is 14.8 Å². The Balaban J connectivity index is 2.75. The van der Waals surface area contributed by atoms with E-state index < -0.39 is 0 Å². The first-order valence-corrected chi connectivity index (χ1v) is 6.68. The minimum Gasteiger partial charge on any atom is -0.376 e. The van der Waals surface area contributed by atoms with E-state index in [1.54, 1.807) is 37.3 Å². The third-order valence-electron chi connectivity index (χ3n) is 2.97.